The number of carbonyl (C=O) groups excluding carboxylic acids is 1. The number of hydrogen-bond donors (Lipinski definition) is 0. The highest BCUT2D eigenvalue weighted by molar-refractivity contribution is 5.70. The molecule has 108 valence electrons. The topological polar surface area (TPSA) is 51.7 Å². The maximum absolute atomic E-state index is 12.2. The predicted octanol–water partition coefficient (Wildman–Crippen LogP) is 2.94. The number of hydrogen-bond acceptors (Lipinski definition) is 4. The first-order valence-corrected chi connectivity index (χ1v) is 6.57. The Morgan fingerprint density at radius 1 is 1.45 bits per heavy atom. The fourth-order valence-corrected chi connectivity index (χ4v) is 2.10. The third-order valence-corrected chi connectivity index (χ3v) is 2.90. The van der Waals surface area contributed by atoms with E-state index in [-0.39, 0.29) is 12.1 Å². The van der Waals surface area contributed by atoms with Gasteiger partial charge in [-0.3, -0.25) is 4.90 Å². The second kappa shape index (κ2) is 5.53. The number of amides is 1. The van der Waals surface area contributed by atoms with E-state index < -0.39 is 5.60 Å². The first-order valence-electron chi connectivity index (χ1n) is 6.57. The number of ether oxygens (including phenoxy) is 2. The Balaban J connectivity index is 2.23. The summed E-state index contributed by atoms with van der Waals surface area (Å²) in [7, 11) is 1.57. The molecule has 1 atom stereocenters. The molecule has 0 radical (unpaired) electrons. The fourth-order valence-electron chi connectivity index (χ4n) is 2.10. The zero-order valence-corrected chi connectivity index (χ0v) is 12.3. The summed E-state index contributed by atoms with van der Waals surface area (Å²) in [6.07, 6.45) is 5.24. The minimum Gasteiger partial charge on any atom is -0.481 e. The van der Waals surface area contributed by atoms with E-state index in [0.29, 0.717) is 12.4 Å². The molecule has 0 spiro atoms. The SMILES string of the molecule is COc1ncccc1C1C=CCN1C(=O)OC(C)(C)C. The molecule has 0 saturated heterocycles. The Morgan fingerprint density at radius 2 is 2.20 bits per heavy atom. The predicted molar refractivity (Wildman–Crippen MR) is 75.6 cm³/mol. The monoisotopic (exact) mass is 276 g/mol. The number of nitrogens with zero attached hydrogens (tertiary/aromatic N) is 2. The van der Waals surface area contributed by atoms with Gasteiger partial charge in [-0.15, -0.1) is 0 Å². The van der Waals surface area contributed by atoms with Crippen LogP contribution in [0.1, 0.15) is 32.4 Å². The Kier molecular flexibility index (Phi) is 3.97. The van der Waals surface area contributed by atoms with Crippen LogP contribution in [0, 0.1) is 0 Å². The Labute approximate surface area is 119 Å². The summed E-state index contributed by atoms with van der Waals surface area (Å²) < 4.78 is 10.7. The van der Waals surface area contributed by atoms with Gasteiger partial charge in [0.15, 0.2) is 0 Å². The van der Waals surface area contributed by atoms with Crippen molar-refractivity contribution in [1.29, 1.82) is 0 Å². The second-order valence-corrected chi connectivity index (χ2v) is 5.61. The molecule has 1 aliphatic heterocycles. The zero-order chi connectivity index (χ0) is 14.8. The maximum Gasteiger partial charge on any atom is 0.411 e. The normalized spacial score (nSPS) is 18.2. The Bertz CT molecular complexity index is 520. The average molecular weight is 276 g/mol. The zero-order valence-electron chi connectivity index (χ0n) is 12.3. The standard InChI is InChI=1S/C15H20N2O3/c1-15(2,3)20-14(18)17-10-6-8-12(17)11-7-5-9-16-13(11)19-4/h5-9,12H,10H2,1-4H3. The summed E-state index contributed by atoms with van der Waals surface area (Å²) in [5.41, 5.74) is 0.345. The van der Waals surface area contributed by atoms with Crippen molar-refractivity contribution in [3.63, 3.8) is 0 Å². The van der Waals surface area contributed by atoms with Crippen LogP contribution in [0.2, 0.25) is 0 Å². The molecule has 0 saturated carbocycles. The molecule has 0 bridgehead atoms. The van der Waals surface area contributed by atoms with E-state index in [1.165, 1.54) is 0 Å². The van der Waals surface area contributed by atoms with Crippen LogP contribution < -0.4 is 4.74 Å². The minimum absolute atomic E-state index is 0.200. The lowest BCUT2D eigenvalue weighted by atomic mass is 10.1. The van der Waals surface area contributed by atoms with E-state index >= 15 is 0 Å². The fraction of sp³-hybridized carbons (Fsp3) is 0.467. The molecule has 1 unspecified atom stereocenters. The number of pyridine rings is 1. The lowest BCUT2D eigenvalue weighted by Gasteiger charge is -2.29. The highest BCUT2D eigenvalue weighted by Crippen LogP contribution is 2.32. The van der Waals surface area contributed by atoms with Gasteiger partial charge >= 0.3 is 6.09 Å². The molecule has 0 N–H and O–H groups in total. The van der Waals surface area contributed by atoms with Gasteiger partial charge < -0.3 is 9.47 Å². The largest absolute Gasteiger partial charge is 0.481 e. The van der Waals surface area contributed by atoms with Crippen LogP contribution in [0.15, 0.2) is 30.5 Å². The molecule has 20 heavy (non-hydrogen) atoms. The van der Waals surface area contributed by atoms with Gasteiger partial charge in [0.1, 0.15) is 5.60 Å². The maximum atomic E-state index is 12.2. The van der Waals surface area contributed by atoms with E-state index in [9.17, 15) is 4.79 Å². The quantitative estimate of drug-likeness (QED) is 0.779. The lowest BCUT2D eigenvalue weighted by Crippen LogP contribution is -2.36. The summed E-state index contributed by atoms with van der Waals surface area (Å²) in [4.78, 5) is 18.1. The summed E-state index contributed by atoms with van der Waals surface area (Å²) in [6, 6.07) is 3.54. The van der Waals surface area contributed by atoms with Crippen LogP contribution in [0.25, 0.3) is 0 Å². The minimum atomic E-state index is -0.511. The van der Waals surface area contributed by atoms with Crippen molar-refractivity contribution in [2.75, 3.05) is 13.7 Å². The summed E-state index contributed by atoms with van der Waals surface area (Å²) in [5.74, 6) is 0.526. The number of rotatable bonds is 2. The van der Waals surface area contributed by atoms with Crippen molar-refractivity contribution in [1.82, 2.24) is 9.88 Å². The lowest BCUT2D eigenvalue weighted by molar-refractivity contribution is 0.0239. The van der Waals surface area contributed by atoms with Crippen LogP contribution in [-0.2, 0) is 4.74 Å². The van der Waals surface area contributed by atoms with Gasteiger partial charge in [0.05, 0.1) is 13.2 Å². The molecule has 5 nitrogen and oxygen atoms in total. The number of methoxy groups -OCH3 is 1. The summed E-state index contributed by atoms with van der Waals surface area (Å²) in [6.45, 7) is 6.09. The van der Waals surface area contributed by atoms with Crippen LogP contribution in [0.5, 0.6) is 5.88 Å². The molecule has 0 aromatic carbocycles. The van der Waals surface area contributed by atoms with E-state index in [2.05, 4.69) is 4.98 Å². The van der Waals surface area contributed by atoms with Gasteiger partial charge in [-0.25, -0.2) is 9.78 Å². The molecule has 0 fully saturated rings. The molecule has 1 aromatic heterocycles. The van der Waals surface area contributed by atoms with Crippen molar-refractivity contribution in [2.45, 2.75) is 32.4 Å². The van der Waals surface area contributed by atoms with Crippen LogP contribution in [0.4, 0.5) is 4.79 Å². The first-order chi connectivity index (χ1) is 9.42. The molecule has 5 heteroatoms. The average Bonchev–Trinajstić information content (AvgIpc) is 2.85. The van der Waals surface area contributed by atoms with E-state index in [1.54, 1.807) is 18.2 Å². The van der Waals surface area contributed by atoms with Crippen LogP contribution in [0.3, 0.4) is 0 Å². The molecule has 2 rings (SSSR count). The van der Waals surface area contributed by atoms with Gasteiger partial charge in [-0.2, -0.15) is 0 Å². The molecular weight excluding hydrogens is 256 g/mol. The smallest absolute Gasteiger partial charge is 0.411 e. The van der Waals surface area contributed by atoms with E-state index in [1.807, 2.05) is 45.1 Å². The van der Waals surface area contributed by atoms with Gasteiger partial charge in [-0.1, -0.05) is 12.2 Å². The first kappa shape index (κ1) is 14.4. The Hall–Kier alpha value is -2.04. The van der Waals surface area contributed by atoms with Crippen LogP contribution in [-0.4, -0.2) is 35.2 Å². The molecule has 1 aromatic rings. The highest BCUT2D eigenvalue weighted by Gasteiger charge is 2.31. The molecular formula is C15H20N2O3. The van der Waals surface area contributed by atoms with Gasteiger partial charge in [0.25, 0.3) is 0 Å². The van der Waals surface area contributed by atoms with Crippen LogP contribution >= 0.6 is 0 Å². The summed E-state index contributed by atoms with van der Waals surface area (Å²) >= 11 is 0. The van der Waals surface area contributed by atoms with Crippen molar-refractivity contribution in [3.05, 3.63) is 36.0 Å². The second-order valence-electron chi connectivity index (χ2n) is 5.61. The molecule has 1 amide bonds. The molecule has 0 aliphatic carbocycles. The molecule has 2 heterocycles. The molecule has 1 aliphatic rings. The van der Waals surface area contributed by atoms with E-state index in [4.69, 9.17) is 9.47 Å². The van der Waals surface area contributed by atoms with Crippen molar-refractivity contribution >= 4 is 6.09 Å². The van der Waals surface area contributed by atoms with Gasteiger partial charge in [0.2, 0.25) is 5.88 Å². The third kappa shape index (κ3) is 3.10. The van der Waals surface area contributed by atoms with Crippen molar-refractivity contribution in [2.24, 2.45) is 0 Å². The Morgan fingerprint density at radius 3 is 2.85 bits per heavy atom. The van der Waals surface area contributed by atoms with Gasteiger partial charge in [-0.05, 0) is 32.9 Å². The summed E-state index contributed by atoms with van der Waals surface area (Å²) in [5, 5.41) is 0. The number of aromatic nitrogens is 1. The van der Waals surface area contributed by atoms with Crippen molar-refractivity contribution < 1.29 is 14.3 Å². The third-order valence-electron chi connectivity index (χ3n) is 2.90. The highest BCUT2D eigenvalue weighted by atomic mass is 16.6. The van der Waals surface area contributed by atoms with E-state index in [0.717, 1.165) is 5.56 Å². The van der Waals surface area contributed by atoms with Gasteiger partial charge in [0, 0.05) is 18.3 Å². The number of carbonyl (C=O) groups is 1. The van der Waals surface area contributed by atoms with Crippen molar-refractivity contribution in [3.8, 4) is 5.88 Å².